The molecule has 0 spiro atoms. The lowest BCUT2D eigenvalue weighted by atomic mass is 9.98. The van der Waals surface area contributed by atoms with Gasteiger partial charge in [0.25, 0.3) is 0 Å². The smallest absolute Gasteiger partial charge is 0.303 e. The molecule has 0 aromatic heterocycles. The molecule has 6 heteroatoms. The Morgan fingerprint density at radius 3 is 2.70 bits per heavy atom. The first-order valence-electron chi connectivity index (χ1n) is 9.86. The molecule has 2 aromatic rings. The van der Waals surface area contributed by atoms with Crippen LogP contribution in [-0.2, 0) is 17.8 Å². The van der Waals surface area contributed by atoms with Gasteiger partial charge in [-0.2, -0.15) is 5.26 Å². The molecule has 0 bridgehead atoms. The second-order valence-electron chi connectivity index (χ2n) is 6.91. The Hall–Kier alpha value is -2.97. The number of aryl methyl sites for hydroxylation is 1. The van der Waals surface area contributed by atoms with Crippen LogP contribution in [0.1, 0.15) is 54.0 Å². The normalized spacial score (nSPS) is 10.3. The van der Waals surface area contributed by atoms with Crippen molar-refractivity contribution >= 4 is 23.6 Å². The van der Waals surface area contributed by atoms with E-state index in [0.29, 0.717) is 35.1 Å². The summed E-state index contributed by atoms with van der Waals surface area (Å²) >= 11 is 6.25. The number of rotatable bonds is 11. The maximum absolute atomic E-state index is 10.9. The number of ether oxygens (including phenoxy) is 2. The van der Waals surface area contributed by atoms with E-state index in [4.69, 9.17) is 26.2 Å². The quantitative estimate of drug-likeness (QED) is 0.449. The number of carbonyl (C=O) groups is 1. The predicted octanol–water partition coefficient (Wildman–Crippen LogP) is 5.94. The minimum absolute atomic E-state index is 0.0111. The zero-order valence-electron chi connectivity index (χ0n) is 17.3. The van der Waals surface area contributed by atoms with Crippen molar-refractivity contribution < 1.29 is 19.4 Å². The lowest BCUT2D eigenvalue weighted by Crippen LogP contribution is -2.06. The third-order valence-electron chi connectivity index (χ3n) is 4.77. The second-order valence-corrected chi connectivity index (χ2v) is 7.34. The largest absolute Gasteiger partial charge is 0.493 e. The van der Waals surface area contributed by atoms with Gasteiger partial charge in [-0.05, 0) is 49.1 Å². The number of benzene rings is 2. The Morgan fingerprint density at radius 2 is 2.07 bits per heavy atom. The summed E-state index contributed by atoms with van der Waals surface area (Å²) in [5.41, 5.74) is 3.51. The SMILES string of the molecule is C=Cc1cc(Cl)cc(COc2ccc(CCC(=O)O)c(C)c2C#N)c1OCCCC. The molecule has 0 radical (unpaired) electrons. The number of carboxylic acids is 1. The number of nitrogens with zero attached hydrogens (tertiary/aromatic N) is 1. The molecule has 158 valence electrons. The molecule has 0 aliphatic rings. The summed E-state index contributed by atoms with van der Waals surface area (Å²) in [6.07, 6.45) is 4.01. The van der Waals surface area contributed by atoms with Crippen LogP contribution in [0, 0.1) is 18.3 Å². The van der Waals surface area contributed by atoms with Crippen molar-refractivity contribution in [3.63, 3.8) is 0 Å². The van der Waals surface area contributed by atoms with Gasteiger partial charge in [0.05, 0.1) is 12.2 Å². The number of carboxylic acid groups (broad SMARTS) is 1. The zero-order valence-corrected chi connectivity index (χ0v) is 18.1. The third-order valence-corrected chi connectivity index (χ3v) is 4.98. The van der Waals surface area contributed by atoms with Crippen LogP contribution in [-0.4, -0.2) is 17.7 Å². The molecule has 0 aliphatic carbocycles. The highest BCUT2D eigenvalue weighted by Crippen LogP contribution is 2.32. The van der Waals surface area contributed by atoms with Crippen LogP contribution in [0.15, 0.2) is 30.8 Å². The van der Waals surface area contributed by atoms with Gasteiger partial charge in [0, 0.05) is 22.6 Å². The lowest BCUT2D eigenvalue weighted by Gasteiger charge is -2.17. The monoisotopic (exact) mass is 427 g/mol. The van der Waals surface area contributed by atoms with Gasteiger partial charge in [-0.15, -0.1) is 0 Å². The number of hydrogen-bond acceptors (Lipinski definition) is 4. The van der Waals surface area contributed by atoms with Crippen LogP contribution < -0.4 is 9.47 Å². The number of aliphatic carboxylic acids is 1. The van der Waals surface area contributed by atoms with Gasteiger partial charge in [0.15, 0.2) is 0 Å². The number of halogens is 1. The molecule has 2 aromatic carbocycles. The molecule has 0 amide bonds. The number of hydrogen-bond donors (Lipinski definition) is 1. The topological polar surface area (TPSA) is 79.5 Å². The third kappa shape index (κ3) is 6.01. The van der Waals surface area contributed by atoms with Gasteiger partial charge in [-0.3, -0.25) is 4.79 Å². The van der Waals surface area contributed by atoms with Crippen LogP contribution in [0.25, 0.3) is 6.08 Å². The molecule has 0 fully saturated rings. The van der Waals surface area contributed by atoms with Crippen LogP contribution in [0.4, 0.5) is 0 Å². The Morgan fingerprint density at radius 1 is 1.30 bits per heavy atom. The van der Waals surface area contributed by atoms with E-state index < -0.39 is 5.97 Å². The Labute approximate surface area is 182 Å². The fraction of sp³-hybridized carbons (Fsp3) is 0.333. The summed E-state index contributed by atoms with van der Waals surface area (Å²) < 4.78 is 11.9. The summed E-state index contributed by atoms with van der Waals surface area (Å²) in [7, 11) is 0. The minimum Gasteiger partial charge on any atom is -0.493 e. The van der Waals surface area contributed by atoms with E-state index in [-0.39, 0.29) is 13.0 Å². The van der Waals surface area contributed by atoms with Crippen LogP contribution in [0.2, 0.25) is 5.02 Å². The van der Waals surface area contributed by atoms with Crippen LogP contribution in [0.3, 0.4) is 0 Å². The Bertz CT molecular complexity index is 963. The molecule has 5 nitrogen and oxygen atoms in total. The van der Waals surface area contributed by atoms with Crippen LogP contribution >= 0.6 is 11.6 Å². The lowest BCUT2D eigenvalue weighted by molar-refractivity contribution is -0.136. The first-order chi connectivity index (χ1) is 14.4. The van der Waals surface area contributed by atoms with Crippen molar-refractivity contribution in [2.24, 2.45) is 0 Å². The molecule has 0 saturated carbocycles. The standard InChI is InChI=1S/C24H26ClNO4/c1-4-6-11-29-24-17(5-2)12-20(25)13-19(24)15-30-22-9-7-18(8-10-23(27)28)16(3)21(22)14-26/h5,7,9,12-13H,2,4,6,8,10-11,15H2,1,3H3,(H,27,28). The highest BCUT2D eigenvalue weighted by molar-refractivity contribution is 6.30. The van der Waals surface area contributed by atoms with Crippen molar-refractivity contribution in [1.82, 2.24) is 0 Å². The summed E-state index contributed by atoms with van der Waals surface area (Å²) in [5.74, 6) is 0.243. The molecule has 0 atom stereocenters. The number of nitriles is 1. The van der Waals surface area contributed by atoms with Crippen molar-refractivity contribution in [2.75, 3.05) is 6.61 Å². The Kier molecular flexibility index (Phi) is 8.76. The average Bonchev–Trinajstić information content (AvgIpc) is 2.72. The summed E-state index contributed by atoms with van der Waals surface area (Å²) in [5, 5.41) is 19.1. The average molecular weight is 428 g/mol. The van der Waals surface area contributed by atoms with E-state index in [9.17, 15) is 10.1 Å². The van der Waals surface area contributed by atoms with E-state index in [0.717, 1.165) is 35.1 Å². The van der Waals surface area contributed by atoms with E-state index >= 15 is 0 Å². The first-order valence-corrected chi connectivity index (χ1v) is 10.2. The molecule has 0 saturated heterocycles. The first kappa shape index (κ1) is 23.3. The fourth-order valence-corrected chi connectivity index (χ4v) is 3.33. The molecule has 1 N–H and O–H groups in total. The molecule has 2 rings (SSSR count). The molecular weight excluding hydrogens is 402 g/mol. The van der Waals surface area contributed by atoms with Gasteiger partial charge in [0.2, 0.25) is 0 Å². The van der Waals surface area contributed by atoms with E-state index in [1.165, 1.54) is 0 Å². The fourth-order valence-electron chi connectivity index (χ4n) is 3.08. The molecule has 0 heterocycles. The predicted molar refractivity (Wildman–Crippen MR) is 118 cm³/mol. The zero-order chi connectivity index (χ0) is 22.1. The Balaban J connectivity index is 2.29. The molecule has 30 heavy (non-hydrogen) atoms. The van der Waals surface area contributed by atoms with E-state index in [1.54, 1.807) is 37.3 Å². The molecule has 0 unspecified atom stereocenters. The number of unbranched alkanes of at least 4 members (excludes halogenated alkanes) is 1. The maximum Gasteiger partial charge on any atom is 0.303 e. The van der Waals surface area contributed by atoms with E-state index in [2.05, 4.69) is 19.6 Å². The van der Waals surface area contributed by atoms with Crippen molar-refractivity contribution in [3.05, 3.63) is 63.7 Å². The van der Waals surface area contributed by atoms with E-state index in [1.807, 2.05) is 0 Å². The van der Waals surface area contributed by atoms with Crippen LogP contribution in [0.5, 0.6) is 11.5 Å². The van der Waals surface area contributed by atoms with Gasteiger partial charge >= 0.3 is 5.97 Å². The maximum atomic E-state index is 10.9. The summed E-state index contributed by atoms with van der Waals surface area (Å²) in [6.45, 7) is 8.48. The minimum atomic E-state index is -0.872. The molecular formula is C24H26ClNO4. The van der Waals surface area contributed by atoms with Gasteiger partial charge in [-0.1, -0.05) is 43.7 Å². The molecule has 0 aliphatic heterocycles. The van der Waals surface area contributed by atoms with Gasteiger partial charge in [0.1, 0.15) is 24.2 Å². The summed E-state index contributed by atoms with van der Waals surface area (Å²) in [6, 6.07) is 9.27. The van der Waals surface area contributed by atoms with Crippen molar-refractivity contribution in [1.29, 1.82) is 5.26 Å². The van der Waals surface area contributed by atoms with Gasteiger partial charge in [-0.25, -0.2) is 0 Å². The van der Waals surface area contributed by atoms with Crippen molar-refractivity contribution in [3.8, 4) is 17.6 Å². The summed E-state index contributed by atoms with van der Waals surface area (Å²) in [4.78, 5) is 10.9. The highest BCUT2D eigenvalue weighted by atomic mass is 35.5. The van der Waals surface area contributed by atoms with Gasteiger partial charge < -0.3 is 14.6 Å². The van der Waals surface area contributed by atoms with Crippen molar-refractivity contribution in [2.45, 2.75) is 46.1 Å². The highest BCUT2D eigenvalue weighted by Gasteiger charge is 2.15. The second kappa shape index (κ2) is 11.3.